The van der Waals surface area contributed by atoms with E-state index in [1.165, 1.54) is 0 Å². The lowest BCUT2D eigenvalue weighted by Crippen LogP contribution is -2.49. The summed E-state index contributed by atoms with van der Waals surface area (Å²) in [6.07, 6.45) is 3.90. The first kappa shape index (κ1) is 16.8. The summed E-state index contributed by atoms with van der Waals surface area (Å²) in [7, 11) is 0. The minimum Gasteiger partial charge on any atom is -0.353 e. The van der Waals surface area contributed by atoms with Gasteiger partial charge in [-0.05, 0) is 44.4 Å². The van der Waals surface area contributed by atoms with E-state index in [4.69, 9.17) is 0 Å². The fourth-order valence-corrected chi connectivity index (χ4v) is 3.26. The van der Waals surface area contributed by atoms with Crippen molar-refractivity contribution in [3.63, 3.8) is 0 Å². The number of rotatable bonds is 4. The van der Waals surface area contributed by atoms with Crippen molar-refractivity contribution in [3.05, 3.63) is 35.8 Å². The Bertz CT molecular complexity index is 811. The Balaban J connectivity index is 1.45. The molecule has 26 heavy (non-hydrogen) atoms. The molecule has 0 aromatic carbocycles. The lowest BCUT2D eigenvalue weighted by atomic mass is 10.2. The first-order chi connectivity index (χ1) is 12.6. The van der Waals surface area contributed by atoms with Gasteiger partial charge < -0.3 is 15.1 Å². The summed E-state index contributed by atoms with van der Waals surface area (Å²) in [5.41, 5.74) is 1.14. The molecule has 7 heteroatoms. The monoisotopic (exact) mass is 352 g/mol. The number of carbonyl (C=O) groups is 1. The Kier molecular flexibility index (Phi) is 4.44. The zero-order chi connectivity index (χ0) is 18.1. The standard InChI is InChI=1S/C19H24N6O/c1-13-5-6-20-16(11-13)23-17-12-18(22-14(2)21-17)24-7-9-25(10-8-24)19(26)15-3-4-15/h5-6,11-12,15H,3-4,7-10H2,1-2H3,(H,20,21,22,23). The first-order valence-corrected chi connectivity index (χ1v) is 9.17. The van der Waals surface area contributed by atoms with Crippen LogP contribution in [0.3, 0.4) is 0 Å². The van der Waals surface area contributed by atoms with Crippen molar-refractivity contribution in [1.82, 2.24) is 19.9 Å². The number of pyridine rings is 1. The minimum atomic E-state index is 0.292. The van der Waals surface area contributed by atoms with Crippen molar-refractivity contribution >= 4 is 23.4 Å². The van der Waals surface area contributed by atoms with E-state index < -0.39 is 0 Å². The van der Waals surface area contributed by atoms with Crippen molar-refractivity contribution in [2.75, 3.05) is 36.4 Å². The number of anilines is 3. The van der Waals surface area contributed by atoms with Gasteiger partial charge in [-0.1, -0.05) is 0 Å². The predicted octanol–water partition coefficient (Wildman–Crippen LogP) is 2.29. The number of piperazine rings is 1. The predicted molar refractivity (Wildman–Crippen MR) is 101 cm³/mol. The third-order valence-electron chi connectivity index (χ3n) is 4.84. The molecule has 4 rings (SSSR count). The van der Waals surface area contributed by atoms with Crippen LogP contribution in [-0.4, -0.2) is 51.9 Å². The highest BCUT2D eigenvalue weighted by atomic mass is 16.2. The number of aryl methyl sites for hydroxylation is 2. The molecule has 3 heterocycles. The van der Waals surface area contributed by atoms with Crippen LogP contribution in [0.15, 0.2) is 24.4 Å². The lowest BCUT2D eigenvalue weighted by molar-refractivity contribution is -0.132. The van der Waals surface area contributed by atoms with Gasteiger partial charge in [0.1, 0.15) is 23.3 Å². The van der Waals surface area contributed by atoms with Crippen molar-refractivity contribution in [1.29, 1.82) is 0 Å². The molecular formula is C19H24N6O. The van der Waals surface area contributed by atoms with Crippen molar-refractivity contribution < 1.29 is 4.79 Å². The molecule has 136 valence electrons. The highest BCUT2D eigenvalue weighted by Crippen LogP contribution is 2.31. The summed E-state index contributed by atoms with van der Waals surface area (Å²) in [6.45, 7) is 7.06. The normalized spacial score (nSPS) is 17.3. The van der Waals surface area contributed by atoms with Gasteiger partial charge in [0, 0.05) is 44.4 Å². The maximum Gasteiger partial charge on any atom is 0.225 e. The molecule has 1 amide bonds. The summed E-state index contributed by atoms with van der Waals surface area (Å²) >= 11 is 0. The Morgan fingerprint density at radius 3 is 2.54 bits per heavy atom. The average Bonchev–Trinajstić information content (AvgIpc) is 3.46. The van der Waals surface area contributed by atoms with Crippen LogP contribution in [0.25, 0.3) is 0 Å². The number of hydrogen-bond donors (Lipinski definition) is 1. The fraction of sp³-hybridized carbons (Fsp3) is 0.474. The Morgan fingerprint density at radius 1 is 1.08 bits per heavy atom. The van der Waals surface area contributed by atoms with E-state index in [0.717, 1.165) is 62.0 Å². The molecule has 0 spiro atoms. The van der Waals surface area contributed by atoms with Gasteiger partial charge in [0.15, 0.2) is 0 Å². The zero-order valence-electron chi connectivity index (χ0n) is 15.3. The number of aromatic nitrogens is 3. The quantitative estimate of drug-likeness (QED) is 0.910. The van der Waals surface area contributed by atoms with Crippen molar-refractivity contribution in [2.24, 2.45) is 5.92 Å². The van der Waals surface area contributed by atoms with Gasteiger partial charge in [0.25, 0.3) is 0 Å². The highest BCUT2D eigenvalue weighted by Gasteiger charge is 2.34. The van der Waals surface area contributed by atoms with E-state index in [9.17, 15) is 4.79 Å². The molecule has 0 atom stereocenters. The Morgan fingerprint density at radius 2 is 1.85 bits per heavy atom. The third-order valence-corrected chi connectivity index (χ3v) is 4.84. The second kappa shape index (κ2) is 6.90. The molecule has 2 aliphatic rings. The van der Waals surface area contributed by atoms with Crippen LogP contribution in [0, 0.1) is 19.8 Å². The molecule has 7 nitrogen and oxygen atoms in total. The summed E-state index contributed by atoms with van der Waals surface area (Å²) < 4.78 is 0. The van der Waals surface area contributed by atoms with Gasteiger partial charge in [0.05, 0.1) is 0 Å². The van der Waals surface area contributed by atoms with E-state index in [1.807, 2.05) is 36.9 Å². The Labute approximate surface area is 153 Å². The second-order valence-electron chi connectivity index (χ2n) is 7.09. The molecule has 1 saturated carbocycles. The van der Waals surface area contributed by atoms with Crippen LogP contribution in [0.1, 0.15) is 24.2 Å². The van der Waals surface area contributed by atoms with E-state index >= 15 is 0 Å². The molecule has 1 aliphatic heterocycles. The van der Waals surface area contributed by atoms with Crippen LogP contribution >= 0.6 is 0 Å². The number of nitrogens with zero attached hydrogens (tertiary/aromatic N) is 5. The molecule has 1 saturated heterocycles. The molecule has 2 fully saturated rings. The van der Waals surface area contributed by atoms with E-state index in [0.29, 0.717) is 17.6 Å². The molecule has 2 aromatic heterocycles. The number of amides is 1. The first-order valence-electron chi connectivity index (χ1n) is 9.17. The fourth-order valence-electron chi connectivity index (χ4n) is 3.26. The van der Waals surface area contributed by atoms with Crippen molar-refractivity contribution in [2.45, 2.75) is 26.7 Å². The van der Waals surface area contributed by atoms with Gasteiger partial charge in [-0.2, -0.15) is 0 Å². The SMILES string of the molecule is Cc1ccnc(Nc2cc(N3CCN(C(=O)C4CC4)CC3)nc(C)n2)c1. The maximum atomic E-state index is 12.2. The molecule has 0 unspecified atom stereocenters. The van der Waals surface area contributed by atoms with Crippen molar-refractivity contribution in [3.8, 4) is 0 Å². The Hall–Kier alpha value is -2.70. The molecule has 0 bridgehead atoms. The van der Waals surface area contributed by atoms with Gasteiger partial charge in [-0.3, -0.25) is 4.79 Å². The van der Waals surface area contributed by atoms with Gasteiger partial charge in [-0.15, -0.1) is 0 Å². The van der Waals surface area contributed by atoms with Gasteiger partial charge in [0.2, 0.25) is 5.91 Å². The largest absolute Gasteiger partial charge is 0.353 e. The van der Waals surface area contributed by atoms with E-state index in [1.54, 1.807) is 6.20 Å². The van der Waals surface area contributed by atoms with Crippen LogP contribution < -0.4 is 10.2 Å². The topological polar surface area (TPSA) is 74.2 Å². The molecular weight excluding hydrogens is 328 g/mol. The number of hydrogen-bond acceptors (Lipinski definition) is 6. The van der Waals surface area contributed by atoms with E-state index in [-0.39, 0.29) is 0 Å². The summed E-state index contributed by atoms with van der Waals surface area (Å²) in [4.78, 5) is 29.8. The summed E-state index contributed by atoms with van der Waals surface area (Å²) in [6, 6.07) is 5.90. The van der Waals surface area contributed by atoms with Crippen LogP contribution in [0.2, 0.25) is 0 Å². The second-order valence-corrected chi connectivity index (χ2v) is 7.09. The number of carbonyl (C=O) groups excluding carboxylic acids is 1. The third kappa shape index (κ3) is 3.76. The highest BCUT2D eigenvalue weighted by molar-refractivity contribution is 5.81. The maximum absolute atomic E-state index is 12.2. The zero-order valence-corrected chi connectivity index (χ0v) is 15.3. The van der Waals surface area contributed by atoms with E-state index in [2.05, 4.69) is 25.2 Å². The van der Waals surface area contributed by atoms with Crippen LogP contribution in [0.4, 0.5) is 17.5 Å². The average molecular weight is 352 g/mol. The molecule has 1 N–H and O–H groups in total. The van der Waals surface area contributed by atoms with Crippen LogP contribution in [-0.2, 0) is 4.79 Å². The molecule has 0 radical (unpaired) electrons. The number of nitrogens with one attached hydrogen (secondary N) is 1. The summed E-state index contributed by atoms with van der Waals surface area (Å²) in [5.74, 6) is 3.74. The van der Waals surface area contributed by atoms with Crippen LogP contribution in [0.5, 0.6) is 0 Å². The van der Waals surface area contributed by atoms with Gasteiger partial charge in [-0.25, -0.2) is 15.0 Å². The minimum absolute atomic E-state index is 0.292. The lowest BCUT2D eigenvalue weighted by Gasteiger charge is -2.35. The molecule has 2 aromatic rings. The molecule has 1 aliphatic carbocycles. The summed E-state index contributed by atoms with van der Waals surface area (Å²) in [5, 5.41) is 3.26. The van der Waals surface area contributed by atoms with Gasteiger partial charge >= 0.3 is 0 Å². The smallest absolute Gasteiger partial charge is 0.225 e.